The Bertz CT molecular complexity index is 1260. The number of carbonyl (C=O) groups is 1. The molecule has 2 unspecified atom stereocenters. The van der Waals surface area contributed by atoms with Crippen LogP contribution in [0.3, 0.4) is 0 Å². The maximum Gasteiger partial charge on any atom is 0.225 e. The van der Waals surface area contributed by atoms with Crippen LogP contribution in [0.5, 0.6) is 5.75 Å². The van der Waals surface area contributed by atoms with Gasteiger partial charge in [0.1, 0.15) is 17.7 Å². The van der Waals surface area contributed by atoms with Gasteiger partial charge in [-0.25, -0.2) is 9.07 Å². The van der Waals surface area contributed by atoms with Gasteiger partial charge in [-0.05, 0) is 55.0 Å². The van der Waals surface area contributed by atoms with Crippen molar-refractivity contribution < 1.29 is 13.9 Å². The number of benzene rings is 3. The average molecular weight is 460 g/mol. The highest BCUT2D eigenvalue weighted by Gasteiger charge is 2.27. The Labute approximate surface area is 199 Å². The molecule has 0 saturated heterocycles. The quantitative estimate of drug-likeness (QED) is 0.385. The third kappa shape index (κ3) is 5.45. The molecule has 0 spiro atoms. The van der Waals surface area contributed by atoms with Gasteiger partial charge in [-0.15, -0.1) is 0 Å². The van der Waals surface area contributed by atoms with E-state index < -0.39 is 5.41 Å². The van der Waals surface area contributed by atoms with Gasteiger partial charge in [-0.3, -0.25) is 4.79 Å². The van der Waals surface area contributed by atoms with Crippen LogP contribution >= 0.6 is 0 Å². The highest BCUT2D eigenvalue weighted by Crippen LogP contribution is 2.25. The van der Waals surface area contributed by atoms with Gasteiger partial charge >= 0.3 is 0 Å². The first-order chi connectivity index (χ1) is 16.2. The predicted molar refractivity (Wildman–Crippen MR) is 133 cm³/mol. The third-order valence-electron chi connectivity index (χ3n) is 5.78. The summed E-state index contributed by atoms with van der Waals surface area (Å²) in [5, 5.41) is 8.49. The second kappa shape index (κ2) is 9.67. The van der Waals surface area contributed by atoms with Gasteiger partial charge < -0.3 is 10.1 Å². The minimum atomic E-state index is -0.487. The number of rotatable bonds is 7. The van der Waals surface area contributed by atoms with Crippen molar-refractivity contribution in [3.05, 3.63) is 90.4 Å². The number of aromatic nitrogens is 2. The lowest BCUT2D eigenvalue weighted by molar-refractivity contribution is -0.129. The first-order valence-electron chi connectivity index (χ1n) is 11.5. The number of carbonyl (C=O) groups excluding carboxylic acids is 1. The summed E-state index contributed by atoms with van der Waals surface area (Å²) >= 11 is 0. The van der Waals surface area contributed by atoms with E-state index in [0.717, 1.165) is 22.2 Å². The van der Waals surface area contributed by atoms with Crippen LogP contribution in [0.4, 0.5) is 4.39 Å². The molecule has 4 aromatic rings. The van der Waals surface area contributed by atoms with Crippen LogP contribution in [0.2, 0.25) is 0 Å². The summed E-state index contributed by atoms with van der Waals surface area (Å²) < 4.78 is 21.5. The van der Waals surface area contributed by atoms with Crippen molar-refractivity contribution in [2.75, 3.05) is 0 Å². The van der Waals surface area contributed by atoms with E-state index in [9.17, 15) is 9.18 Å². The molecular formula is C28H30FN3O2. The minimum absolute atomic E-state index is 0.0160. The maximum atomic E-state index is 13.3. The molecule has 1 heterocycles. The highest BCUT2D eigenvalue weighted by molar-refractivity contribution is 5.82. The van der Waals surface area contributed by atoms with Crippen molar-refractivity contribution in [2.45, 2.75) is 46.3 Å². The van der Waals surface area contributed by atoms with Crippen LogP contribution in [-0.2, 0) is 11.2 Å². The van der Waals surface area contributed by atoms with Crippen LogP contribution in [0.15, 0.2) is 79.0 Å². The van der Waals surface area contributed by atoms with Crippen molar-refractivity contribution >= 4 is 16.8 Å². The molecule has 34 heavy (non-hydrogen) atoms. The van der Waals surface area contributed by atoms with Gasteiger partial charge in [-0.2, -0.15) is 5.10 Å². The van der Waals surface area contributed by atoms with Crippen molar-refractivity contribution in [1.82, 2.24) is 15.1 Å². The van der Waals surface area contributed by atoms with E-state index in [-0.39, 0.29) is 23.9 Å². The summed E-state index contributed by atoms with van der Waals surface area (Å²) in [5.74, 6) is 0.398. The Balaban J connectivity index is 1.59. The van der Waals surface area contributed by atoms with Crippen molar-refractivity contribution in [3.8, 4) is 11.4 Å². The Kier molecular flexibility index (Phi) is 6.68. The summed E-state index contributed by atoms with van der Waals surface area (Å²) in [6.45, 7) is 7.67. The Hall–Kier alpha value is -3.67. The maximum absolute atomic E-state index is 13.3. The summed E-state index contributed by atoms with van der Waals surface area (Å²) in [6.07, 6.45) is 2.15. The summed E-state index contributed by atoms with van der Waals surface area (Å²) in [7, 11) is 0. The van der Waals surface area contributed by atoms with E-state index in [1.807, 2.05) is 64.1 Å². The first-order valence-corrected chi connectivity index (χ1v) is 11.5. The predicted octanol–water partition coefficient (Wildman–Crippen LogP) is 5.71. The van der Waals surface area contributed by atoms with Crippen LogP contribution in [0, 0.1) is 11.2 Å². The molecule has 6 heteroatoms. The van der Waals surface area contributed by atoms with E-state index >= 15 is 0 Å². The van der Waals surface area contributed by atoms with E-state index in [1.54, 1.807) is 23.0 Å². The fourth-order valence-corrected chi connectivity index (χ4v) is 3.73. The molecule has 2 atom stereocenters. The van der Waals surface area contributed by atoms with Gasteiger partial charge in [0.05, 0.1) is 23.4 Å². The van der Waals surface area contributed by atoms with Gasteiger partial charge in [-0.1, -0.05) is 51.1 Å². The third-order valence-corrected chi connectivity index (χ3v) is 5.78. The Morgan fingerprint density at radius 2 is 1.76 bits per heavy atom. The van der Waals surface area contributed by atoms with E-state index in [0.29, 0.717) is 12.2 Å². The fraction of sp³-hybridized carbons (Fsp3) is 0.286. The fourth-order valence-electron chi connectivity index (χ4n) is 3.73. The largest absolute Gasteiger partial charge is 0.488 e. The molecule has 0 aliphatic rings. The van der Waals surface area contributed by atoms with Gasteiger partial charge in [0.15, 0.2) is 0 Å². The summed E-state index contributed by atoms with van der Waals surface area (Å²) in [6, 6.07) is 21.9. The molecule has 1 aromatic heterocycles. The number of hydrogen-bond acceptors (Lipinski definition) is 3. The summed E-state index contributed by atoms with van der Waals surface area (Å²) in [5.41, 5.74) is 2.33. The lowest BCUT2D eigenvalue weighted by atomic mass is 9.94. The highest BCUT2D eigenvalue weighted by atomic mass is 19.1. The second-order valence-electron chi connectivity index (χ2n) is 9.61. The van der Waals surface area contributed by atoms with Crippen LogP contribution in [0.25, 0.3) is 16.6 Å². The number of halogens is 1. The van der Waals surface area contributed by atoms with E-state index in [4.69, 9.17) is 4.74 Å². The zero-order valence-corrected chi connectivity index (χ0v) is 20.0. The minimum Gasteiger partial charge on any atom is -0.488 e. The van der Waals surface area contributed by atoms with Crippen LogP contribution < -0.4 is 10.1 Å². The lowest BCUT2D eigenvalue weighted by Gasteiger charge is -2.29. The average Bonchev–Trinajstić information content (AvgIpc) is 3.22. The first kappa shape index (κ1) is 23.5. The molecule has 3 aromatic carbocycles. The van der Waals surface area contributed by atoms with E-state index in [2.05, 4.69) is 22.5 Å². The number of hydrogen-bond donors (Lipinski definition) is 1. The van der Waals surface area contributed by atoms with Gasteiger partial charge in [0, 0.05) is 17.2 Å². The second-order valence-corrected chi connectivity index (χ2v) is 9.61. The zero-order chi connectivity index (χ0) is 24.3. The molecule has 1 N–H and O–H groups in total. The number of nitrogens with zero attached hydrogens (tertiary/aromatic N) is 2. The molecule has 1 amide bonds. The number of amides is 1. The van der Waals surface area contributed by atoms with Crippen molar-refractivity contribution in [3.63, 3.8) is 0 Å². The Morgan fingerprint density at radius 1 is 1.06 bits per heavy atom. The SMILES string of the molecule is CC(NC(=O)C(C)(C)C)C(Cc1ccccc1)Oc1ccc2c(cnn2-c2ccc(F)cc2)c1. The number of fused-ring (bicyclic) bond motifs is 1. The molecule has 0 saturated carbocycles. The lowest BCUT2D eigenvalue weighted by Crippen LogP contribution is -2.48. The molecule has 0 bridgehead atoms. The molecule has 176 valence electrons. The number of nitrogens with one attached hydrogen (secondary N) is 1. The zero-order valence-electron chi connectivity index (χ0n) is 20.0. The van der Waals surface area contributed by atoms with Gasteiger partial charge in [0.25, 0.3) is 0 Å². The smallest absolute Gasteiger partial charge is 0.225 e. The van der Waals surface area contributed by atoms with Gasteiger partial charge in [0.2, 0.25) is 5.91 Å². The van der Waals surface area contributed by atoms with Crippen molar-refractivity contribution in [1.29, 1.82) is 0 Å². The molecule has 5 nitrogen and oxygen atoms in total. The Morgan fingerprint density at radius 3 is 2.44 bits per heavy atom. The topological polar surface area (TPSA) is 56.1 Å². The normalized spacial score (nSPS) is 13.4. The monoisotopic (exact) mass is 459 g/mol. The van der Waals surface area contributed by atoms with Crippen molar-refractivity contribution in [2.24, 2.45) is 5.41 Å². The summed E-state index contributed by atoms with van der Waals surface area (Å²) in [4.78, 5) is 12.6. The number of ether oxygens (including phenoxy) is 1. The van der Waals surface area contributed by atoms with Crippen LogP contribution in [-0.4, -0.2) is 27.8 Å². The van der Waals surface area contributed by atoms with E-state index in [1.165, 1.54) is 12.1 Å². The molecule has 0 aliphatic carbocycles. The molecule has 0 radical (unpaired) electrons. The molecule has 0 fully saturated rings. The molecule has 4 rings (SSSR count). The molecular weight excluding hydrogens is 429 g/mol. The van der Waals surface area contributed by atoms with Crippen LogP contribution in [0.1, 0.15) is 33.3 Å². The molecule has 0 aliphatic heterocycles. The standard InChI is InChI=1S/C28H30FN3O2/c1-19(31-27(33)28(2,3)4)26(16-20-8-6-5-7-9-20)34-24-14-15-25-21(17-24)18-30-32(25)23-12-10-22(29)11-13-23/h5-15,17-19,26H,16H2,1-4H3,(H,31,33).